The highest BCUT2D eigenvalue weighted by atomic mass is 19.4. The first-order valence-corrected chi connectivity index (χ1v) is 5.68. The van der Waals surface area contributed by atoms with E-state index in [1.54, 1.807) is 0 Å². The number of halogens is 3. The van der Waals surface area contributed by atoms with Crippen LogP contribution in [0.15, 0.2) is 24.3 Å². The van der Waals surface area contributed by atoms with Crippen LogP contribution < -0.4 is 11.1 Å². The number of rotatable bonds is 3. The molecule has 1 aromatic rings. The van der Waals surface area contributed by atoms with Gasteiger partial charge in [0.05, 0.1) is 17.7 Å². The molecule has 0 spiro atoms. The fourth-order valence-corrected chi connectivity index (χ4v) is 1.97. The second kappa shape index (κ2) is 4.78. The summed E-state index contributed by atoms with van der Waals surface area (Å²) < 4.78 is 42.5. The monoisotopic (exact) mass is 260 g/mol. The van der Waals surface area contributed by atoms with Crippen LogP contribution in [-0.4, -0.2) is 25.3 Å². The Labute approximate surface area is 103 Å². The van der Waals surface area contributed by atoms with E-state index in [1.165, 1.54) is 12.1 Å². The fraction of sp³-hybridized carbons (Fsp3) is 0.500. The predicted octanol–water partition coefficient (Wildman–Crippen LogP) is 2.24. The molecule has 1 fully saturated rings. The Kier molecular flexibility index (Phi) is 3.49. The Morgan fingerprint density at radius 2 is 1.94 bits per heavy atom. The van der Waals surface area contributed by atoms with Gasteiger partial charge >= 0.3 is 6.18 Å². The number of hydrogen-bond donors (Lipinski definition) is 2. The van der Waals surface area contributed by atoms with Crippen molar-refractivity contribution in [1.82, 2.24) is 0 Å². The molecular weight excluding hydrogens is 245 g/mol. The minimum atomic E-state index is -4.31. The molecule has 0 aliphatic carbocycles. The van der Waals surface area contributed by atoms with Crippen molar-refractivity contribution < 1.29 is 17.9 Å². The Balaban J connectivity index is 2.11. The summed E-state index contributed by atoms with van der Waals surface area (Å²) in [6, 6.07) is 4.95. The highest BCUT2D eigenvalue weighted by Gasteiger charge is 2.34. The Hall–Kier alpha value is -1.27. The number of anilines is 1. The van der Waals surface area contributed by atoms with Crippen LogP contribution in [0.4, 0.5) is 18.9 Å². The molecule has 1 unspecified atom stereocenters. The van der Waals surface area contributed by atoms with Gasteiger partial charge in [-0.05, 0) is 30.7 Å². The molecule has 3 N–H and O–H groups in total. The second-order valence-electron chi connectivity index (χ2n) is 4.49. The minimum absolute atomic E-state index is 0.361. The lowest BCUT2D eigenvalue weighted by Crippen LogP contribution is -2.46. The van der Waals surface area contributed by atoms with E-state index in [1.807, 2.05) is 0 Å². The zero-order chi connectivity index (χ0) is 13.2. The van der Waals surface area contributed by atoms with Crippen molar-refractivity contribution in [2.75, 3.05) is 25.1 Å². The number of ether oxygens (including phenoxy) is 1. The van der Waals surface area contributed by atoms with Gasteiger partial charge in [0, 0.05) is 18.8 Å². The van der Waals surface area contributed by atoms with E-state index in [9.17, 15) is 13.2 Å². The molecule has 3 nitrogen and oxygen atoms in total. The molecule has 18 heavy (non-hydrogen) atoms. The topological polar surface area (TPSA) is 47.3 Å². The Morgan fingerprint density at radius 1 is 1.28 bits per heavy atom. The summed E-state index contributed by atoms with van der Waals surface area (Å²) in [4.78, 5) is 0. The largest absolute Gasteiger partial charge is 0.416 e. The van der Waals surface area contributed by atoms with Crippen LogP contribution in [0.3, 0.4) is 0 Å². The molecule has 1 aliphatic rings. The van der Waals surface area contributed by atoms with Gasteiger partial charge in [-0.2, -0.15) is 13.2 Å². The Morgan fingerprint density at radius 3 is 2.39 bits per heavy atom. The molecule has 0 amide bonds. The van der Waals surface area contributed by atoms with Gasteiger partial charge in [-0.15, -0.1) is 0 Å². The smallest absolute Gasteiger partial charge is 0.379 e. The first-order valence-electron chi connectivity index (χ1n) is 5.68. The van der Waals surface area contributed by atoms with Crippen molar-refractivity contribution in [3.8, 4) is 0 Å². The van der Waals surface area contributed by atoms with Crippen LogP contribution in [0.5, 0.6) is 0 Å². The zero-order valence-electron chi connectivity index (χ0n) is 9.76. The van der Waals surface area contributed by atoms with Crippen LogP contribution in [-0.2, 0) is 10.9 Å². The standard InChI is InChI=1S/C12H15F3N2O/c13-12(14,15)9-1-3-10(4-2-9)17-11(7-16)5-6-18-8-11/h1-4,17H,5-8,16H2. The molecule has 1 saturated heterocycles. The lowest BCUT2D eigenvalue weighted by molar-refractivity contribution is -0.137. The normalized spacial score (nSPS) is 24.2. The molecule has 1 heterocycles. The van der Waals surface area contributed by atoms with Crippen molar-refractivity contribution in [3.05, 3.63) is 29.8 Å². The first kappa shape index (κ1) is 13.2. The average molecular weight is 260 g/mol. The van der Waals surface area contributed by atoms with Crippen molar-refractivity contribution in [1.29, 1.82) is 0 Å². The molecular formula is C12H15F3N2O. The molecule has 1 atom stereocenters. The molecule has 0 aromatic heterocycles. The molecule has 6 heteroatoms. The van der Waals surface area contributed by atoms with Gasteiger partial charge in [0.15, 0.2) is 0 Å². The van der Waals surface area contributed by atoms with Gasteiger partial charge in [-0.25, -0.2) is 0 Å². The van der Waals surface area contributed by atoms with Crippen LogP contribution in [0, 0.1) is 0 Å². The van der Waals surface area contributed by atoms with E-state index in [0.717, 1.165) is 18.6 Å². The van der Waals surface area contributed by atoms with Crippen molar-refractivity contribution in [2.24, 2.45) is 5.73 Å². The minimum Gasteiger partial charge on any atom is -0.379 e. The highest BCUT2D eigenvalue weighted by Crippen LogP contribution is 2.31. The summed E-state index contributed by atoms with van der Waals surface area (Å²) in [7, 11) is 0. The van der Waals surface area contributed by atoms with Gasteiger partial charge in [0.1, 0.15) is 0 Å². The first-order chi connectivity index (χ1) is 8.45. The van der Waals surface area contributed by atoms with Gasteiger partial charge in [-0.3, -0.25) is 0 Å². The van der Waals surface area contributed by atoms with Crippen LogP contribution in [0.2, 0.25) is 0 Å². The van der Waals surface area contributed by atoms with Crippen molar-refractivity contribution in [2.45, 2.75) is 18.1 Å². The molecule has 100 valence electrons. The third kappa shape index (κ3) is 2.76. The van der Waals surface area contributed by atoms with Crippen LogP contribution in [0.25, 0.3) is 0 Å². The summed E-state index contributed by atoms with van der Waals surface area (Å²) in [6.07, 6.45) is -3.55. The van der Waals surface area contributed by atoms with Crippen LogP contribution >= 0.6 is 0 Å². The van der Waals surface area contributed by atoms with E-state index in [0.29, 0.717) is 25.4 Å². The predicted molar refractivity (Wildman–Crippen MR) is 62.3 cm³/mol. The summed E-state index contributed by atoms with van der Waals surface area (Å²) in [5, 5.41) is 3.17. The fourth-order valence-electron chi connectivity index (χ4n) is 1.97. The third-order valence-corrected chi connectivity index (χ3v) is 3.12. The maximum absolute atomic E-state index is 12.4. The maximum Gasteiger partial charge on any atom is 0.416 e. The molecule has 0 saturated carbocycles. The lowest BCUT2D eigenvalue weighted by atomic mass is 9.98. The van der Waals surface area contributed by atoms with Gasteiger partial charge in [-0.1, -0.05) is 0 Å². The van der Waals surface area contributed by atoms with E-state index in [2.05, 4.69) is 5.32 Å². The van der Waals surface area contributed by atoms with Gasteiger partial charge in [0.25, 0.3) is 0 Å². The molecule has 1 aromatic carbocycles. The van der Waals surface area contributed by atoms with E-state index in [-0.39, 0.29) is 5.54 Å². The summed E-state index contributed by atoms with van der Waals surface area (Å²) in [6.45, 7) is 1.48. The van der Waals surface area contributed by atoms with Crippen LogP contribution in [0.1, 0.15) is 12.0 Å². The number of hydrogen-bond acceptors (Lipinski definition) is 3. The molecule has 0 bridgehead atoms. The second-order valence-corrected chi connectivity index (χ2v) is 4.49. The van der Waals surface area contributed by atoms with Gasteiger partial charge < -0.3 is 15.8 Å². The maximum atomic E-state index is 12.4. The summed E-state index contributed by atoms with van der Waals surface area (Å²) >= 11 is 0. The quantitative estimate of drug-likeness (QED) is 0.876. The van der Waals surface area contributed by atoms with E-state index in [4.69, 9.17) is 10.5 Å². The third-order valence-electron chi connectivity index (χ3n) is 3.12. The molecule has 2 rings (SSSR count). The van der Waals surface area contributed by atoms with E-state index >= 15 is 0 Å². The Bertz CT molecular complexity index is 397. The molecule has 0 radical (unpaired) electrons. The van der Waals surface area contributed by atoms with Crippen molar-refractivity contribution in [3.63, 3.8) is 0 Å². The number of nitrogens with two attached hydrogens (primary N) is 1. The number of alkyl halides is 3. The van der Waals surface area contributed by atoms with Crippen molar-refractivity contribution >= 4 is 5.69 Å². The SMILES string of the molecule is NCC1(Nc2ccc(C(F)(F)F)cc2)CCOC1. The summed E-state index contributed by atoms with van der Waals surface area (Å²) in [5.74, 6) is 0. The molecule has 1 aliphatic heterocycles. The zero-order valence-corrected chi connectivity index (χ0v) is 9.76. The van der Waals surface area contributed by atoms with E-state index < -0.39 is 11.7 Å². The number of nitrogens with one attached hydrogen (secondary N) is 1. The highest BCUT2D eigenvalue weighted by molar-refractivity contribution is 5.47. The average Bonchev–Trinajstić information content (AvgIpc) is 2.78. The summed E-state index contributed by atoms with van der Waals surface area (Å²) in [5.41, 5.74) is 5.30. The lowest BCUT2D eigenvalue weighted by Gasteiger charge is -2.28. The van der Waals surface area contributed by atoms with Gasteiger partial charge in [0.2, 0.25) is 0 Å². The number of benzene rings is 1.